The van der Waals surface area contributed by atoms with Crippen molar-refractivity contribution < 1.29 is 9.18 Å². The summed E-state index contributed by atoms with van der Waals surface area (Å²) in [4.78, 5) is 16.3. The topological polar surface area (TPSA) is 23.6 Å². The summed E-state index contributed by atoms with van der Waals surface area (Å²) in [6.07, 6.45) is 3.50. The second-order valence-electron chi connectivity index (χ2n) is 6.04. The van der Waals surface area contributed by atoms with Crippen molar-refractivity contribution in [3.05, 3.63) is 71.6 Å². The van der Waals surface area contributed by atoms with Crippen molar-refractivity contribution in [1.82, 2.24) is 4.90 Å². The van der Waals surface area contributed by atoms with Crippen LogP contribution in [0.2, 0.25) is 0 Å². The Hall–Kier alpha value is -2.62. The highest BCUT2D eigenvalue weighted by molar-refractivity contribution is 5.92. The number of halogens is 1. The fraction of sp³-hybridized carbons (Fsp3) is 0.250. The van der Waals surface area contributed by atoms with Crippen LogP contribution in [0.25, 0.3) is 6.08 Å². The third-order valence-corrected chi connectivity index (χ3v) is 4.24. The summed E-state index contributed by atoms with van der Waals surface area (Å²) in [6.45, 7) is 4.90. The molecular formula is C20H21FN2O. The normalized spacial score (nSPS) is 15.1. The molecule has 2 aromatic carbocycles. The van der Waals surface area contributed by atoms with E-state index < -0.39 is 0 Å². The fourth-order valence-corrected chi connectivity index (χ4v) is 2.88. The third kappa shape index (κ3) is 4.02. The van der Waals surface area contributed by atoms with Gasteiger partial charge < -0.3 is 9.80 Å². The van der Waals surface area contributed by atoms with Crippen LogP contribution < -0.4 is 4.90 Å². The van der Waals surface area contributed by atoms with Gasteiger partial charge >= 0.3 is 0 Å². The number of carbonyl (C=O) groups excluding carboxylic acids is 1. The molecule has 0 aromatic heterocycles. The first-order valence-corrected chi connectivity index (χ1v) is 8.16. The van der Waals surface area contributed by atoms with Gasteiger partial charge in [-0.3, -0.25) is 4.79 Å². The van der Waals surface area contributed by atoms with Crippen LogP contribution in [0, 0.1) is 12.7 Å². The molecule has 1 aliphatic heterocycles. The molecule has 3 rings (SSSR count). The summed E-state index contributed by atoms with van der Waals surface area (Å²) < 4.78 is 13.0. The number of piperazine rings is 1. The molecule has 0 atom stereocenters. The predicted molar refractivity (Wildman–Crippen MR) is 95.4 cm³/mol. The lowest BCUT2D eigenvalue weighted by Gasteiger charge is -2.35. The molecule has 124 valence electrons. The van der Waals surface area contributed by atoms with Crippen LogP contribution in [0.1, 0.15) is 11.1 Å². The number of nitrogens with zero attached hydrogens (tertiary/aromatic N) is 2. The van der Waals surface area contributed by atoms with Crippen molar-refractivity contribution in [1.29, 1.82) is 0 Å². The van der Waals surface area contributed by atoms with Gasteiger partial charge in [-0.25, -0.2) is 4.39 Å². The van der Waals surface area contributed by atoms with Crippen molar-refractivity contribution >= 4 is 17.7 Å². The molecule has 1 heterocycles. The molecule has 0 bridgehead atoms. The molecule has 0 spiro atoms. The van der Waals surface area contributed by atoms with Gasteiger partial charge in [-0.05, 0) is 42.8 Å². The molecule has 1 aliphatic rings. The lowest BCUT2D eigenvalue weighted by Crippen LogP contribution is -2.48. The summed E-state index contributed by atoms with van der Waals surface area (Å²) in [7, 11) is 0. The number of aryl methyl sites for hydroxylation is 1. The summed E-state index contributed by atoms with van der Waals surface area (Å²) >= 11 is 0. The summed E-state index contributed by atoms with van der Waals surface area (Å²) in [5.41, 5.74) is 3.21. The van der Waals surface area contributed by atoms with Crippen molar-refractivity contribution in [3.63, 3.8) is 0 Å². The summed E-state index contributed by atoms with van der Waals surface area (Å²) in [5, 5.41) is 0. The van der Waals surface area contributed by atoms with E-state index in [0.717, 1.165) is 24.3 Å². The second-order valence-corrected chi connectivity index (χ2v) is 6.04. The number of rotatable bonds is 3. The standard InChI is InChI=1S/C20H21FN2O/c1-16-3-2-4-17(15-16)5-10-20(24)23-13-11-22(12-14-23)19-8-6-18(21)7-9-19/h2-10,15H,11-14H2,1H3/b10-5+. The van der Waals surface area contributed by atoms with Crippen LogP contribution >= 0.6 is 0 Å². The maximum atomic E-state index is 13.0. The number of amides is 1. The van der Waals surface area contributed by atoms with E-state index in [1.807, 2.05) is 36.1 Å². The number of hydrogen-bond acceptors (Lipinski definition) is 2. The molecule has 0 N–H and O–H groups in total. The maximum Gasteiger partial charge on any atom is 0.246 e. The van der Waals surface area contributed by atoms with E-state index in [0.29, 0.717) is 13.1 Å². The molecule has 4 heteroatoms. The van der Waals surface area contributed by atoms with E-state index in [1.165, 1.54) is 17.7 Å². The van der Waals surface area contributed by atoms with E-state index in [9.17, 15) is 9.18 Å². The Bertz CT molecular complexity index is 732. The SMILES string of the molecule is Cc1cccc(/C=C/C(=O)N2CCN(c3ccc(F)cc3)CC2)c1. The minimum absolute atomic E-state index is 0.0373. The van der Waals surface area contributed by atoms with Crippen LogP contribution in [-0.2, 0) is 4.79 Å². The van der Waals surface area contributed by atoms with Crippen molar-refractivity contribution in [2.24, 2.45) is 0 Å². The van der Waals surface area contributed by atoms with Crippen LogP contribution in [0.4, 0.5) is 10.1 Å². The Morgan fingerprint density at radius 2 is 1.75 bits per heavy atom. The monoisotopic (exact) mass is 324 g/mol. The molecule has 0 saturated carbocycles. The molecule has 1 saturated heterocycles. The highest BCUT2D eigenvalue weighted by Gasteiger charge is 2.19. The molecule has 0 radical (unpaired) electrons. The van der Waals surface area contributed by atoms with Gasteiger partial charge in [0.05, 0.1) is 0 Å². The van der Waals surface area contributed by atoms with E-state index in [2.05, 4.69) is 11.0 Å². The maximum absolute atomic E-state index is 13.0. The van der Waals surface area contributed by atoms with E-state index >= 15 is 0 Å². The van der Waals surface area contributed by atoms with Crippen LogP contribution in [-0.4, -0.2) is 37.0 Å². The Morgan fingerprint density at radius 1 is 1.04 bits per heavy atom. The zero-order chi connectivity index (χ0) is 16.9. The third-order valence-electron chi connectivity index (χ3n) is 4.24. The largest absolute Gasteiger partial charge is 0.368 e. The lowest BCUT2D eigenvalue weighted by atomic mass is 10.1. The smallest absolute Gasteiger partial charge is 0.246 e. The number of anilines is 1. The van der Waals surface area contributed by atoms with Gasteiger partial charge in [0.25, 0.3) is 0 Å². The summed E-state index contributed by atoms with van der Waals surface area (Å²) in [6, 6.07) is 14.6. The van der Waals surface area contributed by atoms with Crippen LogP contribution in [0.5, 0.6) is 0 Å². The highest BCUT2D eigenvalue weighted by atomic mass is 19.1. The average molecular weight is 324 g/mol. The fourth-order valence-electron chi connectivity index (χ4n) is 2.88. The lowest BCUT2D eigenvalue weighted by molar-refractivity contribution is -0.126. The van der Waals surface area contributed by atoms with E-state index in [4.69, 9.17) is 0 Å². The predicted octanol–water partition coefficient (Wildman–Crippen LogP) is 3.50. The minimum Gasteiger partial charge on any atom is -0.368 e. The number of hydrogen-bond donors (Lipinski definition) is 0. The average Bonchev–Trinajstić information content (AvgIpc) is 2.61. The van der Waals surface area contributed by atoms with Gasteiger partial charge in [-0.1, -0.05) is 29.8 Å². The van der Waals surface area contributed by atoms with Crippen LogP contribution in [0.15, 0.2) is 54.6 Å². The second kappa shape index (κ2) is 7.30. The first kappa shape index (κ1) is 16.2. The Balaban J connectivity index is 1.56. The van der Waals surface area contributed by atoms with E-state index in [-0.39, 0.29) is 11.7 Å². The number of benzene rings is 2. The molecule has 2 aromatic rings. The summed E-state index contributed by atoms with van der Waals surface area (Å²) in [5.74, 6) is -0.191. The minimum atomic E-state index is -0.228. The van der Waals surface area contributed by atoms with E-state index in [1.54, 1.807) is 18.2 Å². The van der Waals surface area contributed by atoms with Gasteiger partial charge in [-0.2, -0.15) is 0 Å². The van der Waals surface area contributed by atoms with Crippen molar-refractivity contribution in [3.8, 4) is 0 Å². The van der Waals surface area contributed by atoms with Gasteiger partial charge in [0.15, 0.2) is 0 Å². The van der Waals surface area contributed by atoms with Gasteiger partial charge in [0.1, 0.15) is 5.82 Å². The van der Waals surface area contributed by atoms with Gasteiger partial charge in [0.2, 0.25) is 5.91 Å². The molecular weight excluding hydrogens is 303 g/mol. The van der Waals surface area contributed by atoms with Gasteiger partial charge in [0, 0.05) is 37.9 Å². The first-order valence-electron chi connectivity index (χ1n) is 8.16. The Kier molecular flexibility index (Phi) is 4.94. The quantitative estimate of drug-likeness (QED) is 0.807. The zero-order valence-electron chi connectivity index (χ0n) is 13.8. The van der Waals surface area contributed by atoms with Crippen molar-refractivity contribution in [2.75, 3.05) is 31.1 Å². The molecule has 0 unspecified atom stereocenters. The van der Waals surface area contributed by atoms with Crippen molar-refractivity contribution in [2.45, 2.75) is 6.92 Å². The molecule has 1 amide bonds. The number of carbonyl (C=O) groups is 1. The molecule has 24 heavy (non-hydrogen) atoms. The van der Waals surface area contributed by atoms with Gasteiger partial charge in [-0.15, -0.1) is 0 Å². The molecule has 0 aliphatic carbocycles. The Morgan fingerprint density at radius 3 is 2.42 bits per heavy atom. The molecule has 1 fully saturated rings. The van der Waals surface area contributed by atoms with Crippen LogP contribution in [0.3, 0.4) is 0 Å². The highest BCUT2D eigenvalue weighted by Crippen LogP contribution is 2.17. The first-order chi connectivity index (χ1) is 11.6. The Labute approximate surface area is 142 Å². The molecule has 3 nitrogen and oxygen atoms in total. The zero-order valence-corrected chi connectivity index (χ0v) is 13.8.